The highest BCUT2D eigenvalue weighted by Crippen LogP contribution is 2.24. The molecule has 1 aliphatic heterocycles. The Balaban J connectivity index is 1.46. The molecular formula is C21H22FN5O3S. The van der Waals surface area contributed by atoms with Gasteiger partial charge in [0.1, 0.15) is 18.3 Å². The molecule has 0 unspecified atom stereocenters. The first kappa shape index (κ1) is 21.1. The van der Waals surface area contributed by atoms with Crippen LogP contribution in [-0.4, -0.2) is 46.5 Å². The summed E-state index contributed by atoms with van der Waals surface area (Å²) < 4.78 is 42.7. The molecule has 1 N–H and O–H groups in total. The van der Waals surface area contributed by atoms with Crippen LogP contribution in [0.1, 0.15) is 30.1 Å². The van der Waals surface area contributed by atoms with Gasteiger partial charge in [0.2, 0.25) is 10.0 Å². The van der Waals surface area contributed by atoms with Gasteiger partial charge in [0.25, 0.3) is 5.91 Å². The highest BCUT2D eigenvalue weighted by molar-refractivity contribution is 7.89. The number of sulfonamides is 1. The van der Waals surface area contributed by atoms with Crippen LogP contribution in [0.15, 0.2) is 60.0 Å². The van der Waals surface area contributed by atoms with Gasteiger partial charge in [-0.05, 0) is 61.2 Å². The topological polar surface area (TPSA) is 97.2 Å². The number of hydrogen-bond donors (Lipinski definition) is 1. The summed E-state index contributed by atoms with van der Waals surface area (Å²) in [5, 5.41) is 6.49. The predicted octanol–water partition coefficient (Wildman–Crippen LogP) is 3.08. The maximum absolute atomic E-state index is 14.3. The lowest BCUT2D eigenvalue weighted by molar-refractivity contribution is 0.102. The van der Waals surface area contributed by atoms with Crippen LogP contribution >= 0.6 is 0 Å². The molecule has 0 saturated carbocycles. The van der Waals surface area contributed by atoms with Crippen molar-refractivity contribution in [2.24, 2.45) is 5.92 Å². The van der Waals surface area contributed by atoms with Crippen LogP contribution in [0.3, 0.4) is 0 Å². The molecule has 1 saturated heterocycles. The van der Waals surface area contributed by atoms with Crippen molar-refractivity contribution in [3.8, 4) is 5.69 Å². The summed E-state index contributed by atoms with van der Waals surface area (Å²) in [6.07, 6.45) is 4.35. The van der Waals surface area contributed by atoms with Crippen LogP contribution in [0.5, 0.6) is 0 Å². The lowest BCUT2D eigenvalue weighted by Gasteiger charge is -2.29. The first-order valence-corrected chi connectivity index (χ1v) is 11.3. The molecule has 0 spiro atoms. The minimum atomic E-state index is -3.58. The van der Waals surface area contributed by atoms with Crippen molar-refractivity contribution < 1.29 is 17.6 Å². The van der Waals surface area contributed by atoms with Crippen LogP contribution in [0.4, 0.5) is 10.1 Å². The third-order valence-electron chi connectivity index (χ3n) is 5.37. The number of halogens is 1. The van der Waals surface area contributed by atoms with Crippen molar-refractivity contribution in [3.05, 3.63) is 66.5 Å². The molecule has 1 aromatic heterocycles. The predicted molar refractivity (Wildman–Crippen MR) is 113 cm³/mol. The highest BCUT2D eigenvalue weighted by atomic mass is 32.2. The molecule has 10 heteroatoms. The zero-order valence-corrected chi connectivity index (χ0v) is 17.7. The Morgan fingerprint density at radius 3 is 2.45 bits per heavy atom. The average molecular weight is 444 g/mol. The number of nitrogens with zero attached hydrogens (tertiary/aromatic N) is 4. The molecule has 2 heterocycles. The van der Waals surface area contributed by atoms with Gasteiger partial charge in [0, 0.05) is 24.3 Å². The fourth-order valence-corrected chi connectivity index (χ4v) is 4.93. The molecule has 31 heavy (non-hydrogen) atoms. The van der Waals surface area contributed by atoms with Gasteiger partial charge in [-0.2, -0.15) is 9.40 Å². The first-order chi connectivity index (χ1) is 14.8. The highest BCUT2D eigenvalue weighted by Gasteiger charge is 2.28. The first-order valence-electron chi connectivity index (χ1n) is 9.91. The van der Waals surface area contributed by atoms with Gasteiger partial charge in [0.15, 0.2) is 5.82 Å². The van der Waals surface area contributed by atoms with Crippen LogP contribution in [0.25, 0.3) is 5.69 Å². The number of amides is 1. The number of piperidine rings is 1. The number of carbonyl (C=O) groups is 1. The Kier molecular flexibility index (Phi) is 5.84. The fraction of sp³-hybridized carbons (Fsp3) is 0.286. The van der Waals surface area contributed by atoms with Gasteiger partial charge < -0.3 is 5.32 Å². The van der Waals surface area contributed by atoms with Crippen LogP contribution in [-0.2, 0) is 10.0 Å². The second-order valence-corrected chi connectivity index (χ2v) is 9.51. The van der Waals surface area contributed by atoms with Crippen molar-refractivity contribution in [3.63, 3.8) is 0 Å². The molecular weight excluding hydrogens is 421 g/mol. The average Bonchev–Trinajstić information content (AvgIpc) is 3.29. The SMILES string of the molecule is CC1CCN(S(=O)(=O)c2ccc(C(=O)Nc3ccc(-n4cncn4)c(F)c3)cc2)CC1. The molecule has 0 bridgehead atoms. The number of aromatic nitrogens is 3. The van der Waals surface area contributed by atoms with Gasteiger partial charge in [-0.15, -0.1) is 0 Å². The number of rotatable bonds is 5. The van der Waals surface area contributed by atoms with E-state index >= 15 is 0 Å². The Labute approximate surface area is 179 Å². The molecule has 162 valence electrons. The van der Waals surface area contributed by atoms with Crippen molar-refractivity contribution in [2.75, 3.05) is 18.4 Å². The van der Waals surface area contributed by atoms with E-state index in [1.807, 2.05) is 0 Å². The van der Waals surface area contributed by atoms with E-state index < -0.39 is 21.7 Å². The largest absolute Gasteiger partial charge is 0.322 e. The minimum absolute atomic E-state index is 0.154. The monoisotopic (exact) mass is 443 g/mol. The molecule has 2 aromatic carbocycles. The molecule has 1 amide bonds. The molecule has 1 aliphatic rings. The number of hydrogen-bond acceptors (Lipinski definition) is 5. The number of anilines is 1. The zero-order valence-electron chi connectivity index (χ0n) is 16.9. The van der Waals surface area contributed by atoms with Gasteiger partial charge in [-0.25, -0.2) is 22.5 Å². The van der Waals surface area contributed by atoms with Crippen LogP contribution < -0.4 is 5.32 Å². The Morgan fingerprint density at radius 2 is 1.84 bits per heavy atom. The molecule has 4 rings (SSSR count). The van der Waals surface area contributed by atoms with Crippen molar-refractivity contribution >= 4 is 21.6 Å². The summed E-state index contributed by atoms with van der Waals surface area (Å²) >= 11 is 0. The van der Waals surface area contributed by atoms with E-state index in [2.05, 4.69) is 22.3 Å². The van der Waals surface area contributed by atoms with E-state index in [4.69, 9.17) is 0 Å². The second kappa shape index (κ2) is 8.56. The summed E-state index contributed by atoms with van der Waals surface area (Å²) in [7, 11) is -3.58. The summed E-state index contributed by atoms with van der Waals surface area (Å²) in [6, 6.07) is 9.98. The van der Waals surface area contributed by atoms with Crippen molar-refractivity contribution in [1.82, 2.24) is 19.1 Å². The van der Waals surface area contributed by atoms with E-state index in [0.717, 1.165) is 12.8 Å². The molecule has 3 aromatic rings. The molecule has 0 aliphatic carbocycles. The maximum Gasteiger partial charge on any atom is 0.255 e. The van der Waals surface area contributed by atoms with Crippen LogP contribution in [0.2, 0.25) is 0 Å². The van der Waals surface area contributed by atoms with E-state index in [1.165, 1.54) is 58.0 Å². The fourth-order valence-electron chi connectivity index (χ4n) is 3.46. The van der Waals surface area contributed by atoms with Gasteiger partial charge in [-0.1, -0.05) is 6.92 Å². The summed E-state index contributed by atoms with van der Waals surface area (Å²) in [5.41, 5.74) is 0.745. The number of nitrogens with one attached hydrogen (secondary N) is 1. The van der Waals surface area contributed by atoms with Crippen molar-refractivity contribution in [1.29, 1.82) is 0 Å². The van der Waals surface area contributed by atoms with E-state index in [1.54, 1.807) is 6.07 Å². The second-order valence-electron chi connectivity index (χ2n) is 7.57. The Hall–Kier alpha value is -3.11. The summed E-state index contributed by atoms with van der Waals surface area (Å²) in [4.78, 5) is 16.4. The number of carbonyl (C=O) groups excluding carboxylic acids is 1. The quantitative estimate of drug-likeness (QED) is 0.654. The molecule has 8 nitrogen and oxygen atoms in total. The smallest absolute Gasteiger partial charge is 0.255 e. The van der Waals surface area contributed by atoms with Gasteiger partial charge >= 0.3 is 0 Å². The van der Waals surface area contributed by atoms with E-state index in [9.17, 15) is 17.6 Å². The van der Waals surface area contributed by atoms with E-state index in [-0.39, 0.29) is 21.8 Å². The van der Waals surface area contributed by atoms with Crippen molar-refractivity contribution in [2.45, 2.75) is 24.7 Å². The molecule has 1 fully saturated rings. The standard InChI is InChI=1S/C21H22FN5O3S/c1-15-8-10-26(11-9-15)31(29,30)18-5-2-16(3-6-18)21(28)25-17-4-7-20(19(22)12-17)27-14-23-13-24-27/h2-7,12-15H,8-11H2,1H3,(H,25,28). The van der Waals surface area contributed by atoms with E-state index in [0.29, 0.717) is 19.0 Å². The summed E-state index contributed by atoms with van der Waals surface area (Å²) in [5.74, 6) is -0.517. The minimum Gasteiger partial charge on any atom is -0.322 e. The zero-order chi connectivity index (χ0) is 22.0. The Bertz CT molecular complexity index is 1170. The maximum atomic E-state index is 14.3. The number of benzene rings is 2. The third kappa shape index (κ3) is 4.49. The molecule has 0 radical (unpaired) electrons. The Morgan fingerprint density at radius 1 is 1.13 bits per heavy atom. The lowest BCUT2D eigenvalue weighted by atomic mass is 10.0. The molecule has 0 atom stereocenters. The van der Waals surface area contributed by atoms with Crippen LogP contribution in [0, 0.1) is 11.7 Å². The lowest BCUT2D eigenvalue weighted by Crippen LogP contribution is -2.37. The third-order valence-corrected chi connectivity index (χ3v) is 7.28. The summed E-state index contributed by atoms with van der Waals surface area (Å²) in [6.45, 7) is 3.12. The van der Waals surface area contributed by atoms with Gasteiger partial charge in [0.05, 0.1) is 4.90 Å². The normalized spacial score (nSPS) is 15.7. The van der Waals surface area contributed by atoms with Gasteiger partial charge in [-0.3, -0.25) is 4.79 Å².